The van der Waals surface area contributed by atoms with Crippen LogP contribution in [0.4, 0.5) is 11.4 Å². The summed E-state index contributed by atoms with van der Waals surface area (Å²) in [7, 11) is 4.13. The van der Waals surface area contributed by atoms with Crippen molar-refractivity contribution in [3.05, 3.63) is 107 Å². The molecule has 184 valence electrons. The van der Waals surface area contributed by atoms with Crippen molar-refractivity contribution < 1.29 is 0 Å². The summed E-state index contributed by atoms with van der Waals surface area (Å²) < 4.78 is 2.34. The minimum absolute atomic E-state index is 0.0319. The summed E-state index contributed by atoms with van der Waals surface area (Å²) >= 11 is 5.94. The molecule has 6 heteroatoms. The molecule has 2 aromatic carbocycles. The fraction of sp³-hybridized carbons (Fsp3) is 0.267. The van der Waals surface area contributed by atoms with Gasteiger partial charge in [0.05, 0.1) is 17.8 Å². The average molecular weight is 496 g/mol. The molecule has 36 heavy (non-hydrogen) atoms. The van der Waals surface area contributed by atoms with Crippen LogP contribution >= 0.6 is 12.2 Å². The third-order valence-corrected chi connectivity index (χ3v) is 7.59. The zero-order chi connectivity index (χ0) is 25.6. The first-order valence-electron chi connectivity index (χ1n) is 12.3. The van der Waals surface area contributed by atoms with Crippen LogP contribution in [0, 0.1) is 27.7 Å². The largest absolute Gasteiger partial charge is 0.378 e. The Balaban J connectivity index is 1.65. The van der Waals surface area contributed by atoms with Crippen molar-refractivity contribution in [1.82, 2.24) is 14.9 Å². The van der Waals surface area contributed by atoms with E-state index in [1.807, 2.05) is 18.3 Å². The van der Waals surface area contributed by atoms with Gasteiger partial charge in [0.25, 0.3) is 0 Å². The van der Waals surface area contributed by atoms with Crippen molar-refractivity contribution >= 4 is 28.7 Å². The molecule has 3 heterocycles. The summed E-state index contributed by atoms with van der Waals surface area (Å²) in [6, 6.07) is 23.6. The van der Waals surface area contributed by atoms with Crippen LogP contribution in [-0.4, -0.2) is 28.8 Å². The van der Waals surface area contributed by atoms with Crippen molar-refractivity contribution in [2.24, 2.45) is 0 Å². The van der Waals surface area contributed by atoms with E-state index < -0.39 is 0 Å². The standard InChI is InChI=1S/C30H33N5S/c1-19-10-11-25(17-20(19)2)35-29(28(32-30(35)36)27-9-7-8-16-31-27)26-18-21(3)34(22(26)4)24-14-12-23(13-15-24)33(5)6/h7-18,28-29H,1-6H3,(H,32,36)/t28-,29+/m1/s1. The lowest BCUT2D eigenvalue weighted by Gasteiger charge is -2.28. The van der Waals surface area contributed by atoms with E-state index in [0.717, 1.165) is 22.2 Å². The van der Waals surface area contributed by atoms with Gasteiger partial charge in [-0.1, -0.05) is 12.1 Å². The first-order chi connectivity index (χ1) is 17.3. The molecular weight excluding hydrogens is 462 g/mol. The third-order valence-electron chi connectivity index (χ3n) is 7.28. The second kappa shape index (κ2) is 9.43. The highest BCUT2D eigenvalue weighted by atomic mass is 32.1. The van der Waals surface area contributed by atoms with Gasteiger partial charge < -0.3 is 19.7 Å². The lowest BCUT2D eigenvalue weighted by Crippen LogP contribution is -2.29. The molecule has 1 N–H and O–H groups in total. The maximum Gasteiger partial charge on any atom is 0.174 e. The summed E-state index contributed by atoms with van der Waals surface area (Å²) in [6.45, 7) is 8.67. The van der Waals surface area contributed by atoms with Crippen LogP contribution < -0.4 is 15.1 Å². The summed E-state index contributed by atoms with van der Waals surface area (Å²) in [5.41, 5.74) is 10.6. The van der Waals surface area contributed by atoms with E-state index in [-0.39, 0.29) is 12.1 Å². The van der Waals surface area contributed by atoms with Crippen molar-refractivity contribution in [3.8, 4) is 5.69 Å². The molecule has 2 aromatic heterocycles. The van der Waals surface area contributed by atoms with Crippen molar-refractivity contribution in [2.45, 2.75) is 39.8 Å². The van der Waals surface area contributed by atoms with Gasteiger partial charge >= 0.3 is 0 Å². The Labute approximate surface area is 219 Å². The van der Waals surface area contributed by atoms with Gasteiger partial charge in [0.2, 0.25) is 0 Å². The Bertz CT molecular complexity index is 1410. The molecule has 0 bridgehead atoms. The van der Waals surface area contributed by atoms with Gasteiger partial charge in [0, 0.05) is 48.7 Å². The molecule has 5 rings (SSSR count). The van der Waals surface area contributed by atoms with Gasteiger partial charge in [0.1, 0.15) is 0 Å². The second-order valence-corrected chi connectivity index (χ2v) is 10.2. The summed E-state index contributed by atoms with van der Waals surface area (Å²) in [5, 5.41) is 4.32. The Kier molecular flexibility index (Phi) is 6.31. The fourth-order valence-electron chi connectivity index (χ4n) is 5.21. The fourth-order valence-corrected chi connectivity index (χ4v) is 5.55. The molecule has 4 aromatic rings. The van der Waals surface area contributed by atoms with Crippen LogP contribution in [0.2, 0.25) is 0 Å². The minimum Gasteiger partial charge on any atom is -0.378 e. The molecule has 0 amide bonds. The topological polar surface area (TPSA) is 36.3 Å². The number of benzene rings is 2. The van der Waals surface area contributed by atoms with E-state index in [9.17, 15) is 0 Å². The molecule has 0 spiro atoms. The zero-order valence-electron chi connectivity index (χ0n) is 21.8. The van der Waals surface area contributed by atoms with Gasteiger partial charge in [-0.15, -0.1) is 0 Å². The molecule has 5 nitrogen and oxygen atoms in total. The molecule has 0 radical (unpaired) electrons. The Morgan fingerprint density at radius 2 is 1.58 bits per heavy atom. The number of hydrogen-bond acceptors (Lipinski definition) is 3. The SMILES string of the molecule is Cc1ccc(N2C(=S)N[C@H](c3ccccn3)[C@@H]2c2cc(C)n(-c3ccc(N(C)C)cc3)c2C)cc1C. The third kappa shape index (κ3) is 4.16. The molecule has 1 fully saturated rings. The van der Waals surface area contributed by atoms with Crippen molar-refractivity contribution in [3.63, 3.8) is 0 Å². The van der Waals surface area contributed by atoms with Crippen LogP contribution in [0.15, 0.2) is 72.9 Å². The van der Waals surface area contributed by atoms with Crippen molar-refractivity contribution in [2.75, 3.05) is 23.9 Å². The van der Waals surface area contributed by atoms with E-state index >= 15 is 0 Å². The van der Waals surface area contributed by atoms with Gasteiger partial charge in [0.15, 0.2) is 5.11 Å². The van der Waals surface area contributed by atoms with Gasteiger partial charge in [-0.3, -0.25) is 4.98 Å². The quantitative estimate of drug-likeness (QED) is 0.327. The first-order valence-corrected chi connectivity index (χ1v) is 12.7. The average Bonchev–Trinajstić information content (AvgIpc) is 3.36. The highest BCUT2D eigenvalue weighted by molar-refractivity contribution is 7.80. The maximum absolute atomic E-state index is 5.94. The second-order valence-electron chi connectivity index (χ2n) is 9.84. The Morgan fingerprint density at radius 1 is 0.861 bits per heavy atom. The summed E-state index contributed by atoms with van der Waals surface area (Å²) in [5.74, 6) is 0. The number of aryl methyl sites for hydroxylation is 3. The lowest BCUT2D eigenvalue weighted by atomic mass is 9.96. The van der Waals surface area contributed by atoms with E-state index in [1.54, 1.807) is 0 Å². The highest BCUT2D eigenvalue weighted by Crippen LogP contribution is 2.44. The van der Waals surface area contributed by atoms with Crippen LogP contribution in [-0.2, 0) is 0 Å². The van der Waals surface area contributed by atoms with Crippen LogP contribution in [0.5, 0.6) is 0 Å². The van der Waals surface area contributed by atoms with Crippen LogP contribution in [0.3, 0.4) is 0 Å². The zero-order valence-corrected chi connectivity index (χ0v) is 22.6. The molecule has 0 unspecified atom stereocenters. The number of anilines is 2. The Morgan fingerprint density at radius 3 is 2.22 bits per heavy atom. The summed E-state index contributed by atoms with van der Waals surface area (Å²) in [6.07, 6.45) is 1.85. The van der Waals surface area contributed by atoms with E-state index in [1.165, 1.54) is 33.8 Å². The molecule has 1 saturated heterocycles. The van der Waals surface area contributed by atoms with Gasteiger partial charge in [-0.25, -0.2) is 0 Å². The summed E-state index contributed by atoms with van der Waals surface area (Å²) in [4.78, 5) is 9.10. The van der Waals surface area contributed by atoms with Crippen LogP contribution in [0.25, 0.3) is 5.69 Å². The van der Waals surface area contributed by atoms with E-state index in [2.05, 4.69) is 116 Å². The molecule has 0 aliphatic carbocycles. The molecule has 2 atom stereocenters. The number of aromatic nitrogens is 2. The molecular formula is C30H33N5S. The predicted octanol–water partition coefficient (Wildman–Crippen LogP) is 6.35. The molecule has 1 aliphatic heterocycles. The number of nitrogens with one attached hydrogen (secondary N) is 1. The molecule has 1 aliphatic rings. The van der Waals surface area contributed by atoms with E-state index in [4.69, 9.17) is 17.2 Å². The van der Waals surface area contributed by atoms with E-state index in [0.29, 0.717) is 0 Å². The minimum atomic E-state index is -0.0645. The van der Waals surface area contributed by atoms with Crippen LogP contribution in [0.1, 0.15) is 45.9 Å². The number of hydrogen-bond donors (Lipinski definition) is 1. The number of nitrogens with zero attached hydrogens (tertiary/aromatic N) is 4. The van der Waals surface area contributed by atoms with Crippen molar-refractivity contribution in [1.29, 1.82) is 0 Å². The maximum atomic E-state index is 5.94. The normalized spacial score (nSPS) is 17.4. The Hall–Kier alpha value is -3.64. The first kappa shape index (κ1) is 24.1. The molecule has 0 saturated carbocycles. The van der Waals surface area contributed by atoms with Gasteiger partial charge in [-0.2, -0.15) is 0 Å². The number of thiocarbonyl (C=S) groups is 1. The highest BCUT2D eigenvalue weighted by Gasteiger charge is 2.42. The predicted molar refractivity (Wildman–Crippen MR) is 153 cm³/mol. The smallest absolute Gasteiger partial charge is 0.174 e. The van der Waals surface area contributed by atoms with Gasteiger partial charge in [-0.05, 0) is 111 Å². The number of rotatable bonds is 5. The monoisotopic (exact) mass is 495 g/mol. The number of pyridine rings is 1. The lowest BCUT2D eigenvalue weighted by molar-refractivity contribution is 0.565.